The van der Waals surface area contributed by atoms with Crippen molar-refractivity contribution in [2.24, 2.45) is 5.92 Å². The van der Waals surface area contributed by atoms with Crippen LogP contribution in [0.2, 0.25) is 0 Å². The van der Waals surface area contributed by atoms with E-state index in [9.17, 15) is 4.79 Å². The minimum atomic E-state index is -0.205. The van der Waals surface area contributed by atoms with Gasteiger partial charge in [0.1, 0.15) is 0 Å². The van der Waals surface area contributed by atoms with Gasteiger partial charge in [-0.2, -0.15) is 0 Å². The standard InChI is InChI=1S/C20H20N2O3/c1-13(2)11-22-9-8-14-10-15(6-7-17(14)22)21-20(23)16-4-3-5-18-19(16)25-12-24-18/h3-10,13H,11-12H2,1-2H3,(H,21,23). The predicted octanol–water partition coefficient (Wildman–Crippen LogP) is 4.28. The summed E-state index contributed by atoms with van der Waals surface area (Å²) in [6.07, 6.45) is 2.09. The Morgan fingerprint density at radius 3 is 2.92 bits per heavy atom. The van der Waals surface area contributed by atoms with E-state index in [-0.39, 0.29) is 12.7 Å². The molecule has 0 saturated heterocycles. The molecule has 0 bridgehead atoms. The first kappa shape index (κ1) is 15.6. The van der Waals surface area contributed by atoms with E-state index in [1.807, 2.05) is 18.2 Å². The molecule has 2 aromatic carbocycles. The fraction of sp³-hybridized carbons (Fsp3) is 0.250. The molecule has 2 heterocycles. The summed E-state index contributed by atoms with van der Waals surface area (Å²) in [5.74, 6) is 1.48. The maximum absolute atomic E-state index is 12.6. The Bertz CT molecular complexity index is 943. The summed E-state index contributed by atoms with van der Waals surface area (Å²) in [5, 5.41) is 4.05. The van der Waals surface area contributed by atoms with Crippen molar-refractivity contribution >= 4 is 22.5 Å². The SMILES string of the molecule is CC(C)Cn1ccc2cc(NC(=O)c3cccc4c3OCO4)ccc21. The highest BCUT2D eigenvalue weighted by Crippen LogP contribution is 2.35. The van der Waals surface area contributed by atoms with Crippen molar-refractivity contribution in [3.05, 3.63) is 54.2 Å². The van der Waals surface area contributed by atoms with E-state index in [0.29, 0.717) is 23.0 Å². The first-order valence-electron chi connectivity index (χ1n) is 8.40. The van der Waals surface area contributed by atoms with Gasteiger partial charge in [-0.25, -0.2) is 0 Å². The van der Waals surface area contributed by atoms with Gasteiger partial charge in [0.2, 0.25) is 6.79 Å². The van der Waals surface area contributed by atoms with E-state index in [4.69, 9.17) is 9.47 Å². The summed E-state index contributed by atoms with van der Waals surface area (Å²) >= 11 is 0. The number of carbonyl (C=O) groups excluding carboxylic acids is 1. The molecule has 0 fully saturated rings. The van der Waals surface area contributed by atoms with Gasteiger partial charge < -0.3 is 19.4 Å². The quantitative estimate of drug-likeness (QED) is 0.774. The lowest BCUT2D eigenvalue weighted by Crippen LogP contribution is -2.12. The summed E-state index contributed by atoms with van der Waals surface area (Å²) in [6.45, 7) is 5.52. The number of amides is 1. The zero-order valence-electron chi connectivity index (χ0n) is 14.3. The summed E-state index contributed by atoms with van der Waals surface area (Å²) in [4.78, 5) is 12.6. The highest BCUT2D eigenvalue weighted by atomic mass is 16.7. The fourth-order valence-electron chi connectivity index (χ4n) is 3.14. The van der Waals surface area contributed by atoms with E-state index in [1.165, 1.54) is 5.52 Å². The van der Waals surface area contributed by atoms with E-state index in [2.05, 4.69) is 36.0 Å². The molecule has 0 spiro atoms. The molecular formula is C20H20N2O3. The van der Waals surface area contributed by atoms with Crippen molar-refractivity contribution in [2.45, 2.75) is 20.4 Å². The Kier molecular flexibility index (Phi) is 3.84. The minimum Gasteiger partial charge on any atom is -0.454 e. The van der Waals surface area contributed by atoms with Gasteiger partial charge in [-0.05, 0) is 42.3 Å². The van der Waals surface area contributed by atoms with Crippen molar-refractivity contribution in [3.8, 4) is 11.5 Å². The molecule has 0 aliphatic carbocycles. The molecule has 1 aliphatic rings. The van der Waals surface area contributed by atoms with Crippen LogP contribution < -0.4 is 14.8 Å². The Labute approximate surface area is 146 Å². The Morgan fingerprint density at radius 2 is 2.08 bits per heavy atom. The number of hydrogen-bond acceptors (Lipinski definition) is 3. The van der Waals surface area contributed by atoms with Gasteiger partial charge in [-0.3, -0.25) is 4.79 Å². The highest BCUT2D eigenvalue weighted by molar-refractivity contribution is 6.07. The largest absolute Gasteiger partial charge is 0.454 e. The second kappa shape index (κ2) is 6.16. The van der Waals surface area contributed by atoms with E-state index in [1.54, 1.807) is 18.2 Å². The number of carbonyl (C=O) groups is 1. The summed E-state index contributed by atoms with van der Waals surface area (Å²) in [6, 6.07) is 13.4. The molecule has 3 aromatic rings. The van der Waals surface area contributed by atoms with E-state index >= 15 is 0 Å². The number of rotatable bonds is 4. The van der Waals surface area contributed by atoms with Crippen molar-refractivity contribution in [2.75, 3.05) is 12.1 Å². The third kappa shape index (κ3) is 2.93. The van der Waals surface area contributed by atoms with Gasteiger partial charge in [-0.15, -0.1) is 0 Å². The van der Waals surface area contributed by atoms with Crippen LogP contribution in [0.1, 0.15) is 24.2 Å². The Balaban J connectivity index is 1.59. The molecule has 0 unspecified atom stereocenters. The van der Waals surface area contributed by atoms with Crippen molar-refractivity contribution in [3.63, 3.8) is 0 Å². The lowest BCUT2D eigenvalue weighted by Gasteiger charge is -2.10. The number of hydrogen-bond donors (Lipinski definition) is 1. The maximum atomic E-state index is 12.6. The molecule has 5 heteroatoms. The van der Waals surface area contributed by atoms with Gasteiger partial charge in [-0.1, -0.05) is 19.9 Å². The monoisotopic (exact) mass is 336 g/mol. The van der Waals surface area contributed by atoms with Crippen LogP contribution in [-0.2, 0) is 6.54 Å². The molecule has 1 aromatic heterocycles. The number of ether oxygens (including phenoxy) is 2. The van der Waals surface area contributed by atoms with Gasteiger partial charge in [0.15, 0.2) is 11.5 Å². The first-order valence-corrected chi connectivity index (χ1v) is 8.40. The van der Waals surface area contributed by atoms with E-state index < -0.39 is 0 Å². The Hall–Kier alpha value is -2.95. The van der Waals surface area contributed by atoms with Crippen LogP contribution in [0.5, 0.6) is 11.5 Å². The number of para-hydroxylation sites is 1. The van der Waals surface area contributed by atoms with Crippen LogP contribution in [0.3, 0.4) is 0 Å². The van der Waals surface area contributed by atoms with Gasteiger partial charge in [0.05, 0.1) is 5.56 Å². The highest BCUT2D eigenvalue weighted by Gasteiger charge is 2.21. The number of fused-ring (bicyclic) bond motifs is 2. The van der Waals surface area contributed by atoms with Crippen LogP contribution in [0.15, 0.2) is 48.7 Å². The van der Waals surface area contributed by atoms with Crippen LogP contribution >= 0.6 is 0 Å². The van der Waals surface area contributed by atoms with Gasteiger partial charge >= 0.3 is 0 Å². The number of aromatic nitrogens is 1. The third-order valence-electron chi connectivity index (χ3n) is 4.23. The van der Waals surface area contributed by atoms with Crippen molar-refractivity contribution < 1.29 is 14.3 Å². The topological polar surface area (TPSA) is 52.5 Å². The summed E-state index contributed by atoms with van der Waals surface area (Å²) < 4.78 is 13.0. The number of benzene rings is 2. The molecule has 0 radical (unpaired) electrons. The molecule has 0 saturated carbocycles. The molecular weight excluding hydrogens is 316 g/mol. The van der Waals surface area contributed by atoms with Crippen molar-refractivity contribution in [1.29, 1.82) is 0 Å². The average Bonchev–Trinajstić information content (AvgIpc) is 3.21. The molecule has 25 heavy (non-hydrogen) atoms. The fourth-order valence-corrected chi connectivity index (χ4v) is 3.14. The molecule has 5 nitrogen and oxygen atoms in total. The van der Waals surface area contributed by atoms with Crippen LogP contribution in [0.25, 0.3) is 10.9 Å². The van der Waals surface area contributed by atoms with Crippen LogP contribution in [-0.4, -0.2) is 17.3 Å². The van der Waals surface area contributed by atoms with Crippen LogP contribution in [0, 0.1) is 5.92 Å². The zero-order valence-corrected chi connectivity index (χ0v) is 14.3. The molecule has 1 amide bonds. The van der Waals surface area contributed by atoms with Crippen LogP contribution in [0.4, 0.5) is 5.69 Å². The lowest BCUT2D eigenvalue weighted by atomic mass is 10.1. The molecule has 0 atom stereocenters. The first-order chi connectivity index (χ1) is 12.1. The second-order valence-electron chi connectivity index (χ2n) is 6.63. The number of anilines is 1. The molecule has 1 aliphatic heterocycles. The number of nitrogens with zero attached hydrogens (tertiary/aromatic N) is 1. The summed E-state index contributed by atoms with van der Waals surface area (Å²) in [5.41, 5.74) is 2.41. The maximum Gasteiger partial charge on any atom is 0.259 e. The molecule has 1 N–H and O–H groups in total. The van der Waals surface area contributed by atoms with Gasteiger partial charge in [0, 0.05) is 29.3 Å². The smallest absolute Gasteiger partial charge is 0.259 e. The average molecular weight is 336 g/mol. The third-order valence-corrected chi connectivity index (χ3v) is 4.23. The minimum absolute atomic E-state index is 0.148. The summed E-state index contributed by atoms with van der Waals surface area (Å²) in [7, 11) is 0. The van der Waals surface area contributed by atoms with Gasteiger partial charge in [0.25, 0.3) is 5.91 Å². The lowest BCUT2D eigenvalue weighted by molar-refractivity contribution is 0.102. The second-order valence-corrected chi connectivity index (χ2v) is 6.63. The predicted molar refractivity (Wildman–Crippen MR) is 97.3 cm³/mol. The Morgan fingerprint density at radius 1 is 1.20 bits per heavy atom. The normalized spacial score (nSPS) is 12.8. The van der Waals surface area contributed by atoms with E-state index in [0.717, 1.165) is 17.6 Å². The molecule has 128 valence electrons. The van der Waals surface area contributed by atoms with Crippen molar-refractivity contribution in [1.82, 2.24) is 4.57 Å². The molecule has 4 rings (SSSR count). The zero-order chi connectivity index (χ0) is 17.4. The number of nitrogens with one attached hydrogen (secondary N) is 1.